The van der Waals surface area contributed by atoms with Gasteiger partial charge in [-0.15, -0.1) is 11.3 Å². The lowest BCUT2D eigenvalue weighted by Gasteiger charge is -2.12. The molecule has 0 aliphatic rings. The van der Waals surface area contributed by atoms with Crippen molar-refractivity contribution in [1.29, 1.82) is 0 Å². The van der Waals surface area contributed by atoms with Gasteiger partial charge in [0.1, 0.15) is 5.82 Å². The highest BCUT2D eigenvalue weighted by molar-refractivity contribution is 7.09. The van der Waals surface area contributed by atoms with E-state index in [1.54, 1.807) is 11.3 Å². The van der Waals surface area contributed by atoms with Crippen LogP contribution < -0.4 is 10.6 Å². The molecule has 0 aliphatic heterocycles. The summed E-state index contributed by atoms with van der Waals surface area (Å²) in [4.78, 5) is 10.5. The molecule has 2 heterocycles. The number of imidazole rings is 1. The number of para-hydroxylation sites is 2. The Labute approximate surface area is 152 Å². The summed E-state index contributed by atoms with van der Waals surface area (Å²) in [7, 11) is 0. The van der Waals surface area contributed by atoms with E-state index in [1.807, 2.05) is 6.07 Å². The molecule has 2 aromatic heterocycles. The van der Waals surface area contributed by atoms with Gasteiger partial charge in [0.25, 0.3) is 0 Å². The predicted octanol–water partition coefficient (Wildman–Crippen LogP) is 3.55. The zero-order chi connectivity index (χ0) is 17.5. The average Bonchev–Trinajstić information content (AvgIpc) is 3.24. The second kappa shape index (κ2) is 8.67. The largest absolute Gasteiger partial charge is 0.357 e. The zero-order valence-corrected chi connectivity index (χ0v) is 15.6. The van der Waals surface area contributed by atoms with Gasteiger partial charge in [-0.1, -0.05) is 18.2 Å². The van der Waals surface area contributed by atoms with E-state index in [0.29, 0.717) is 0 Å². The fourth-order valence-electron chi connectivity index (χ4n) is 2.82. The lowest BCUT2D eigenvalue weighted by atomic mass is 10.3. The Hall–Kier alpha value is -2.34. The minimum absolute atomic E-state index is 0.721. The van der Waals surface area contributed by atoms with E-state index in [4.69, 9.17) is 0 Å². The van der Waals surface area contributed by atoms with Crippen LogP contribution in [0.5, 0.6) is 0 Å². The molecule has 5 nitrogen and oxygen atoms in total. The smallest absolute Gasteiger partial charge is 0.191 e. The van der Waals surface area contributed by atoms with Crippen molar-refractivity contribution >= 4 is 28.3 Å². The van der Waals surface area contributed by atoms with Crippen molar-refractivity contribution in [3.05, 3.63) is 52.5 Å². The van der Waals surface area contributed by atoms with Gasteiger partial charge < -0.3 is 15.2 Å². The number of aliphatic imine (C=N–C) groups is 1. The number of benzene rings is 1. The maximum Gasteiger partial charge on any atom is 0.191 e. The van der Waals surface area contributed by atoms with Gasteiger partial charge in [-0.3, -0.25) is 0 Å². The average molecular weight is 356 g/mol. The molecule has 2 N–H and O–H groups in total. The van der Waals surface area contributed by atoms with Crippen molar-refractivity contribution in [2.75, 3.05) is 13.1 Å². The van der Waals surface area contributed by atoms with Crippen molar-refractivity contribution < 1.29 is 0 Å². The Morgan fingerprint density at radius 2 is 2.08 bits per heavy atom. The molecule has 0 unspecified atom stereocenters. The SMILES string of the molecule is CCNC(=NCc1cccs1)NCCCn1c(C)nc2ccccc21. The first-order chi connectivity index (χ1) is 12.3. The summed E-state index contributed by atoms with van der Waals surface area (Å²) in [6.45, 7) is 7.56. The molecule has 0 radical (unpaired) electrons. The van der Waals surface area contributed by atoms with Crippen LogP contribution in [0.1, 0.15) is 24.0 Å². The van der Waals surface area contributed by atoms with Crippen molar-refractivity contribution in [3.8, 4) is 0 Å². The maximum atomic E-state index is 4.64. The van der Waals surface area contributed by atoms with E-state index < -0.39 is 0 Å². The highest BCUT2D eigenvalue weighted by Crippen LogP contribution is 2.15. The van der Waals surface area contributed by atoms with Crippen LogP contribution in [0.2, 0.25) is 0 Å². The summed E-state index contributed by atoms with van der Waals surface area (Å²) in [5.74, 6) is 1.95. The van der Waals surface area contributed by atoms with Crippen LogP contribution >= 0.6 is 11.3 Å². The second-order valence-corrected chi connectivity index (χ2v) is 6.89. The first-order valence-corrected chi connectivity index (χ1v) is 9.62. The van der Waals surface area contributed by atoms with E-state index in [1.165, 1.54) is 10.4 Å². The van der Waals surface area contributed by atoms with Crippen molar-refractivity contribution in [2.24, 2.45) is 4.99 Å². The van der Waals surface area contributed by atoms with E-state index in [9.17, 15) is 0 Å². The fraction of sp³-hybridized carbons (Fsp3) is 0.368. The number of hydrogen-bond donors (Lipinski definition) is 2. The zero-order valence-electron chi connectivity index (χ0n) is 14.8. The normalized spacial score (nSPS) is 11.8. The van der Waals surface area contributed by atoms with E-state index in [2.05, 4.69) is 74.7 Å². The molecular weight excluding hydrogens is 330 g/mol. The molecule has 25 heavy (non-hydrogen) atoms. The van der Waals surface area contributed by atoms with Crippen LogP contribution in [0.25, 0.3) is 11.0 Å². The monoisotopic (exact) mass is 355 g/mol. The highest BCUT2D eigenvalue weighted by Gasteiger charge is 2.06. The lowest BCUT2D eigenvalue weighted by molar-refractivity contribution is 0.624. The molecule has 0 bridgehead atoms. The van der Waals surface area contributed by atoms with Gasteiger partial charge in [0.2, 0.25) is 0 Å². The Morgan fingerprint density at radius 1 is 1.20 bits per heavy atom. The second-order valence-electron chi connectivity index (χ2n) is 5.85. The van der Waals surface area contributed by atoms with Gasteiger partial charge in [0.05, 0.1) is 17.6 Å². The maximum absolute atomic E-state index is 4.64. The molecule has 132 valence electrons. The number of thiophene rings is 1. The third-order valence-corrected chi connectivity index (χ3v) is 4.87. The molecule has 0 aliphatic carbocycles. The fourth-order valence-corrected chi connectivity index (χ4v) is 3.45. The number of nitrogens with zero attached hydrogens (tertiary/aromatic N) is 3. The number of fused-ring (bicyclic) bond motifs is 1. The summed E-state index contributed by atoms with van der Waals surface area (Å²) in [6.07, 6.45) is 1.02. The molecule has 0 saturated heterocycles. The minimum Gasteiger partial charge on any atom is -0.357 e. The van der Waals surface area contributed by atoms with Crippen molar-refractivity contribution in [3.63, 3.8) is 0 Å². The van der Waals surface area contributed by atoms with E-state index in [-0.39, 0.29) is 0 Å². The molecule has 0 amide bonds. The van der Waals surface area contributed by atoms with Gasteiger partial charge in [0.15, 0.2) is 5.96 Å². The number of aromatic nitrogens is 2. The summed E-state index contributed by atoms with van der Waals surface area (Å²) >= 11 is 1.74. The predicted molar refractivity (Wildman–Crippen MR) is 106 cm³/mol. The molecule has 0 spiro atoms. The van der Waals surface area contributed by atoms with E-state index >= 15 is 0 Å². The lowest BCUT2D eigenvalue weighted by Crippen LogP contribution is -2.38. The van der Waals surface area contributed by atoms with Crippen LogP contribution in [0, 0.1) is 6.92 Å². The third kappa shape index (κ3) is 4.60. The topological polar surface area (TPSA) is 54.2 Å². The van der Waals surface area contributed by atoms with Gasteiger partial charge in [0, 0.05) is 24.5 Å². The third-order valence-electron chi connectivity index (χ3n) is 4.01. The Morgan fingerprint density at radius 3 is 2.88 bits per heavy atom. The van der Waals surface area contributed by atoms with Gasteiger partial charge >= 0.3 is 0 Å². The number of nitrogens with one attached hydrogen (secondary N) is 2. The van der Waals surface area contributed by atoms with Crippen molar-refractivity contribution in [2.45, 2.75) is 33.4 Å². The molecular formula is C19H25N5S. The van der Waals surface area contributed by atoms with Gasteiger partial charge in [-0.25, -0.2) is 9.98 Å². The number of aryl methyl sites for hydroxylation is 2. The Kier molecular flexibility index (Phi) is 6.06. The number of rotatable bonds is 7. The Balaban J connectivity index is 1.53. The highest BCUT2D eigenvalue weighted by atomic mass is 32.1. The summed E-state index contributed by atoms with van der Waals surface area (Å²) in [5, 5.41) is 8.81. The Bertz CT molecular complexity index is 820. The molecule has 3 aromatic rings. The van der Waals surface area contributed by atoms with Crippen LogP contribution in [-0.4, -0.2) is 28.6 Å². The van der Waals surface area contributed by atoms with Crippen molar-refractivity contribution in [1.82, 2.24) is 20.2 Å². The molecule has 1 aromatic carbocycles. The molecule has 0 atom stereocenters. The number of hydrogen-bond acceptors (Lipinski definition) is 3. The standard InChI is InChI=1S/C19H25N5S/c1-3-20-19(22-14-16-8-6-13-25-16)21-11-7-12-24-15(2)23-17-9-4-5-10-18(17)24/h4-6,8-10,13H,3,7,11-12,14H2,1-2H3,(H2,20,21,22). The minimum atomic E-state index is 0.721. The van der Waals surface area contributed by atoms with Crippen LogP contribution in [-0.2, 0) is 13.1 Å². The first kappa shape index (κ1) is 17.5. The van der Waals surface area contributed by atoms with Crippen LogP contribution in [0.15, 0.2) is 46.8 Å². The first-order valence-electron chi connectivity index (χ1n) is 8.74. The van der Waals surface area contributed by atoms with E-state index in [0.717, 1.165) is 49.9 Å². The van der Waals surface area contributed by atoms with Crippen LogP contribution in [0.3, 0.4) is 0 Å². The molecule has 0 fully saturated rings. The summed E-state index contributed by atoms with van der Waals surface area (Å²) in [6, 6.07) is 12.5. The van der Waals surface area contributed by atoms with Crippen LogP contribution in [0.4, 0.5) is 0 Å². The number of guanidine groups is 1. The molecule has 3 rings (SSSR count). The van der Waals surface area contributed by atoms with Gasteiger partial charge in [-0.05, 0) is 43.8 Å². The summed E-state index contributed by atoms with van der Waals surface area (Å²) in [5.41, 5.74) is 2.28. The quantitative estimate of drug-likeness (QED) is 0.387. The summed E-state index contributed by atoms with van der Waals surface area (Å²) < 4.78 is 2.28. The molecule has 6 heteroatoms. The van der Waals surface area contributed by atoms with Gasteiger partial charge in [-0.2, -0.15) is 0 Å². The molecule has 0 saturated carbocycles.